The normalized spacial score (nSPS) is 17.7. The molecule has 1 aliphatic heterocycles. The van der Waals surface area contributed by atoms with E-state index >= 15 is 0 Å². The van der Waals surface area contributed by atoms with Gasteiger partial charge in [-0.1, -0.05) is 24.3 Å². The zero-order chi connectivity index (χ0) is 23.8. The summed E-state index contributed by atoms with van der Waals surface area (Å²) >= 11 is 0. The maximum atomic E-state index is 12.8. The van der Waals surface area contributed by atoms with Gasteiger partial charge in [-0.2, -0.15) is 8.78 Å². The van der Waals surface area contributed by atoms with Crippen LogP contribution in [0, 0.1) is 0 Å². The monoisotopic (exact) mass is 479 g/mol. The summed E-state index contributed by atoms with van der Waals surface area (Å²) in [6, 6.07) is 12.7. The number of anilines is 1. The Kier molecular flexibility index (Phi) is 6.10. The van der Waals surface area contributed by atoms with Gasteiger partial charge in [0.1, 0.15) is 5.60 Å². The second-order valence-corrected chi connectivity index (χ2v) is 9.83. The second-order valence-electron chi connectivity index (χ2n) is 8.18. The third-order valence-corrected chi connectivity index (χ3v) is 6.79. The van der Waals surface area contributed by atoms with Crippen molar-refractivity contribution in [3.8, 4) is 11.1 Å². The minimum atomic E-state index is -4.77. The molecule has 0 atom stereocenters. The van der Waals surface area contributed by atoms with Crippen molar-refractivity contribution < 1.29 is 31.9 Å². The van der Waals surface area contributed by atoms with Gasteiger partial charge in [0.25, 0.3) is 21.8 Å². The van der Waals surface area contributed by atoms with Crippen molar-refractivity contribution in [3.05, 3.63) is 54.1 Å². The van der Waals surface area contributed by atoms with Crippen molar-refractivity contribution in [1.29, 1.82) is 0 Å². The number of nitrogens with zero attached hydrogens (tertiary/aromatic N) is 2. The number of rotatable bonds is 6. The summed E-state index contributed by atoms with van der Waals surface area (Å²) in [7, 11) is -4.77. The number of carbonyl (C=O) groups excluding carboxylic acids is 2. The Labute approximate surface area is 189 Å². The Hall–Kier alpha value is -3.05. The standard InChI is InChI=1S/C22H23F2N3O5S/c23-21(24)33(31,32)25-18-3-1-2-17(14-18)15-4-6-16(7-5-15)19(28)26-10-12-27(13-11-26)20(29)22(30)8-9-22/h1-7,14,21,25,30H,8-13H2. The molecule has 33 heavy (non-hydrogen) atoms. The summed E-state index contributed by atoms with van der Waals surface area (Å²) in [5.74, 6) is -3.99. The summed E-state index contributed by atoms with van der Waals surface area (Å²) in [6.45, 7) is 1.47. The maximum absolute atomic E-state index is 12.8. The van der Waals surface area contributed by atoms with Gasteiger partial charge in [-0.05, 0) is 48.2 Å². The third-order valence-electron chi connectivity index (χ3n) is 5.80. The number of benzene rings is 2. The lowest BCUT2D eigenvalue weighted by Gasteiger charge is -2.35. The number of amides is 2. The van der Waals surface area contributed by atoms with Crippen molar-refractivity contribution in [2.75, 3.05) is 30.9 Å². The van der Waals surface area contributed by atoms with Gasteiger partial charge in [0.2, 0.25) is 0 Å². The first kappa shape index (κ1) is 23.1. The molecule has 1 saturated heterocycles. The van der Waals surface area contributed by atoms with E-state index in [0.717, 1.165) is 0 Å². The molecule has 0 unspecified atom stereocenters. The highest BCUT2D eigenvalue weighted by Crippen LogP contribution is 2.37. The van der Waals surface area contributed by atoms with Gasteiger partial charge in [-0.3, -0.25) is 14.3 Å². The summed E-state index contributed by atoms with van der Waals surface area (Å²) in [5, 5.41) is 9.98. The Morgan fingerprint density at radius 1 is 0.939 bits per heavy atom. The van der Waals surface area contributed by atoms with Gasteiger partial charge in [0.15, 0.2) is 0 Å². The summed E-state index contributed by atoms with van der Waals surface area (Å²) in [4.78, 5) is 28.3. The summed E-state index contributed by atoms with van der Waals surface area (Å²) < 4.78 is 49.8. The molecule has 11 heteroatoms. The van der Waals surface area contributed by atoms with E-state index in [2.05, 4.69) is 0 Å². The number of carbonyl (C=O) groups is 2. The Morgan fingerprint density at radius 3 is 2.12 bits per heavy atom. The van der Waals surface area contributed by atoms with E-state index in [-0.39, 0.29) is 17.5 Å². The number of hydrogen-bond donors (Lipinski definition) is 2. The van der Waals surface area contributed by atoms with Crippen LogP contribution in [0.1, 0.15) is 23.2 Å². The van der Waals surface area contributed by atoms with Gasteiger partial charge in [-0.25, -0.2) is 8.42 Å². The number of aliphatic hydroxyl groups is 1. The quantitative estimate of drug-likeness (QED) is 0.660. The van der Waals surface area contributed by atoms with Gasteiger partial charge in [0, 0.05) is 37.4 Å². The fraction of sp³-hybridized carbons (Fsp3) is 0.364. The number of sulfonamides is 1. The van der Waals surface area contributed by atoms with Crippen molar-refractivity contribution in [2.24, 2.45) is 0 Å². The molecule has 0 bridgehead atoms. The molecule has 2 N–H and O–H groups in total. The maximum Gasteiger partial charge on any atom is 0.355 e. The number of nitrogens with one attached hydrogen (secondary N) is 1. The zero-order valence-electron chi connectivity index (χ0n) is 17.6. The fourth-order valence-corrected chi connectivity index (χ4v) is 4.24. The van der Waals surface area contributed by atoms with Crippen LogP contribution in [0.4, 0.5) is 14.5 Å². The lowest BCUT2D eigenvalue weighted by molar-refractivity contribution is -0.143. The van der Waals surface area contributed by atoms with Crippen LogP contribution in [0.2, 0.25) is 0 Å². The largest absolute Gasteiger partial charge is 0.380 e. The average molecular weight is 480 g/mol. The van der Waals surface area contributed by atoms with Crippen LogP contribution >= 0.6 is 0 Å². The summed E-state index contributed by atoms with van der Waals surface area (Å²) in [6.07, 6.45) is 0.969. The Bertz CT molecular complexity index is 1160. The van der Waals surface area contributed by atoms with Gasteiger partial charge < -0.3 is 14.9 Å². The Balaban J connectivity index is 1.40. The van der Waals surface area contributed by atoms with Crippen molar-refractivity contribution >= 4 is 27.5 Å². The van der Waals surface area contributed by atoms with Crippen molar-refractivity contribution in [1.82, 2.24) is 9.80 Å². The van der Waals surface area contributed by atoms with Crippen LogP contribution in [-0.4, -0.2) is 72.7 Å². The van der Waals surface area contributed by atoms with Crippen LogP contribution in [0.25, 0.3) is 11.1 Å². The van der Waals surface area contributed by atoms with Crippen LogP contribution in [0.15, 0.2) is 48.5 Å². The number of alkyl halides is 2. The molecule has 2 fully saturated rings. The van der Waals surface area contributed by atoms with Gasteiger partial charge in [0.05, 0.1) is 0 Å². The molecule has 0 radical (unpaired) electrons. The number of halogens is 2. The molecule has 0 spiro atoms. The summed E-state index contributed by atoms with van der Waals surface area (Å²) in [5.41, 5.74) is 0.523. The van der Waals surface area contributed by atoms with E-state index in [1.54, 1.807) is 40.1 Å². The van der Waals surface area contributed by atoms with Crippen LogP contribution < -0.4 is 4.72 Å². The molecular weight excluding hydrogens is 456 g/mol. The molecule has 1 heterocycles. The topological polar surface area (TPSA) is 107 Å². The van der Waals surface area contributed by atoms with E-state index in [1.165, 1.54) is 18.2 Å². The molecule has 4 rings (SSSR count). The van der Waals surface area contributed by atoms with E-state index in [0.29, 0.717) is 55.7 Å². The highest BCUT2D eigenvalue weighted by atomic mass is 32.2. The molecule has 1 aliphatic carbocycles. The highest BCUT2D eigenvalue weighted by Gasteiger charge is 2.50. The highest BCUT2D eigenvalue weighted by molar-refractivity contribution is 7.93. The molecule has 2 amide bonds. The molecule has 2 aromatic carbocycles. The zero-order valence-corrected chi connectivity index (χ0v) is 18.4. The van der Waals surface area contributed by atoms with Gasteiger partial charge in [-0.15, -0.1) is 0 Å². The van der Waals surface area contributed by atoms with E-state index in [1.807, 2.05) is 4.72 Å². The van der Waals surface area contributed by atoms with E-state index < -0.39 is 21.4 Å². The molecule has 0 aromatic heterocycles. The van der Waals surface area contributed by atoms with E-state index in [9.17, 15) is 31.9 Å². The molecular formula is C22H23F2N3O5S. The predicted molar refractivity (Wildman–Crippen MR) is 117 cm³/mol. The minimum Gasteiger partial charge on any atom is -0.380 e. The first-order valence-electron chi connectivity index (χ1n) is 10.4. The SMILES string of the molecule is O=C(c1ccc(-c2cccc(NS(=O)(=O)C(F)F)c2)cc1)N1CCN(C(=O)C2(O)CC2)CC1. The first-order valence-corrected chi connectivity index (χ1v) is 11.9. The van der Waals surface area contributed by atoms with Crippen LogP contribution in [-0.2, 0) is 14.8 Å². The molecule has 176 valence electrons. The lowest BCUT2D eigenvalue weighted by Crippen LogP contribution is -2.53. The number of hydrogen-bond acceptors (Lipinski definition) is 5. The molecule has 8 nitrogen and oxygen atoms in total. The predicted octanol–water partition coefficient (Wildman–Crippen LogP) is 2.13. The molecule has 1 saturated carbocycles. The molecule has 2 aromatic rings. The van der Waals surface area contributed by atoms with Crippen molar-refractivity contribution in [2.45, 2.75) is 24.2 Å². The Morgan fingerprint density at radius 2 is 1.55 bits per heavy atom. The van der Waals surface area contributed by atoms with Crippen LogP contribution in [0.3, 0.4) is 0 Å². The average Bonchev–Trinajstić information content (AvgIpc) is 3.56. The smallest absolute Gasteiger partial charge is 0.355 e. The van der Waals surface area contributed by atoms with Gasteiger partial charge >= 0.3 is 5.76 Å². The van der Waals surface area contributed by atoms with Crippen molar-refractivity contribution in [3.63, 3.8) is 0 Å². The molecule has 2 aliphatic rings. The third kappa shape index (κ3) is 4.98. The minimum absolute atomic E-state index is 0.0104. The second kappa shape index (κ2) is 8.71. The number of piperazine rings is 1. The lowest BCUT2D eigenvalue weighted by atomic mass is 10.0. The fourth-order valence-electron chi connectivity index (χ4n) is 3.70. The first-order chi connectivity index (χ1) is 15.6. The van der Waals surface area contributed by atoms with Crippen LogP contribution in [0.5, 0.6) is 0 Å². The van der Waals surface area contributed by atoms with E-state index in [4.69, 9.17) is 0 Å².